The molecule has 1 aliphatic heterocycles. The first-order valence-electron chi connectivity index (χ1n) is 6.92. The molecule has 0 spiro atoms. The van der Waals surface area contributed by atoms with Crippen LogP contribution in [0, 0.1) is 11.8 Å². The molecular weight excluding hydrogens is 254 g/mol. The molecule has 2 rings (SSSR count). The minimum atomic E-state index is 0.122. The van der Waals surface area contributed by atoms with Crippen molar-refractivity contribution in [2.24, 2.45) is 22.7 Å². The lowest BCUT2D eigenvalue weighted by Crippen LogP contribution is -2.21. The quantitative estimate of drug-likeness (QED) is 0.381. The largest absolute Gasteiger partial charge is 0.496 e. The van der Waals surface area contributed by atoms with Crippen LogP contribution >= 0.6 is 0 Å². The topological polar surface area (TPSA) is 71.1 Å². The molecule has 0 aliphatic carbocycles. The van der Waals surface area contributed by atoms with Gasteiger partial charge in [0.1, 0.15) is 5.75 Å². The minimum Gasteiger partial charge on any atom is -0.496 e. The molecule has 1 saturated heterocycles. The first kappa shape index (κ1) is 14.7. The molecule has 20 heavy (non-hydrogen) atoms. The van der Waals surface area contributed by atoms with E-state index < -0.39 is 0 Å². The Labute approximate surface area is 120 Å². The Kier molecular flexibility index (Phi) is 4.49. The fourth-order valence-electron chi connectivity index (χ4n) is 2.74. The maximum Gasteiger partial charge on any atom is 0.170 e. The number of ether oxygens (including phenoxy) is 1. The zero-order valence-electron chi connectivity index (χ0n) is 12.3. The van der Waals surface area contributed by atoms with Crippen LogP contribution in [0.5, 0.6) is 5.75 Å². The molecule has 0 radical (unpaired) electrons. The molecule has 1 fully saturated rings. The van der Waals surface area contributed by atoms with E-state index in [-0.39, 0.29) is 5.84 Å². The number of amidine groups is 1. The van der Waals surface area contributed by atoms with Gasteiger partial charge in [0.25, 0.3) is 0 Å². The molecule has 2 unspecified atom stereocenters. The number of likely N-dealkylation sites (tertiary alicyclic amines) is 1. The molecule has 1 aromatic carbocycles. The number of nitrogens with two attached hydrogens (primary N) is 1. The van der Waals surface area contributed by atoms with Gasteiger partial charge in [-0.2, -0.15) is 0 Å². The smallest absolute Gasteiger partial charge is 0.170 e. The second-order valence-corrected chi connectivity index (χ2v) is 5.66. The van der Waals surface area contributed by atoms with Crippen molar-refractivity contribution in [3.63, 3.8) is 0 Å². The Balaban J connectivity index is 2.21. The van der Waals surface area contributed by atoms with Crippen molar-refractivity contribution >= 4 is 5.84 Å². The van der Waals surface area contributed by atoms with E-state index in [0.717, 1.165) is 30.9 Å². The molecule has 1 aliphatic rings. The Morgan fingerprint density at radius 2 is 2.05 bits per heavy atom. The van der Waals surface area contributed by atoms with Gasteiger partial charge in [-0.25, -0.2) is 0 Å². The number of methoxy groups -OCH3 is 1. The van der Waals surface area contributed by atoms with Crippen LogP contribution in [0.25, 0.3) is 0 Å². The summed E-state index contributed by atoms with van der Waals surface area (Å²) in [5, 5.41) is 11.8. The van der Waals surface area contributed by atoms with Crippen LogP contribution < -0.4 is 10.5 Å². The third kappa shape index (κ3) is 3.04. The predicted molar refractivity (Wildman–Crippen MR) is 79.1 cm³/mol. The fourth-order valence-corrected chi connectivity index (χ4v) is 2.74. The summed E-state index contributed by atoms with van der Waals surface area (Å²) >= 11 is 0. The van der Waals surface area contributed by atoms with Gasteiger partial charge in [-0.15, -0.1) is 0 Å². The van der Waals surface area contributed by atoms with Gasteiger partial charge in [0, 0.05) is 30.8 Å². The summed E-state index contributed by atoms with van der Waals surface area (Å²) in [6, 6.07) is 5.60. The van der Waals surface area contributed by atoms with Gasteiger partial charge in [0.15, 0.2) is 5.84 Å². The summed E-state index contributed by atoms with van der Waals surface area (Å²) < 4.78 is 5.41. The normalized spacial score (nSPS) is 24.1. The summed E-state index contributed by atoms with van der Waals surface area (Å²) in [5.74, 6) is 2.39. The van der Waals surface area contributed by atoms with Gasteiger partial charge in [-0.05, 0) is 30.0 Å². The second kappa shape index (κ2) is 6.13. The highest BCUT2D eigenvalue weighted by molar-refractivity contribution is 5.97. The van der Waals surface area contributed by atoms with E-state index >= 15 is 0 Å². The third-order valence-electron chi connectivity index (χ3n) is 4.14. The Morgan fingerprint density at radius 3 is 2.60 bits per heavy atom. The molecule has 0 bridgehead atoms. The highest BCUT2D eigenvalue weighted by atomic mass is 16.5. The van der Waals surface area contributed by atoms with Crippen molar-refractivity contribution in [3.05, 3.63) is 29.3 Å². The molecule has 1 aromatic rings. The Hall–Kier alpha value is -1.75. The zero-order chi connectivity index (χ0) is 14.7. The van der Waals surface area contributed by atoms with Crippen LogP contribution in [0.4, 0.5) is 0 Å². The van der Waals surface area contributed by atoms with E-state index in [1.54, 1.807) is 13.2 Å². The SMILES string of the molecule is COc1ccc(/C(N)=N/O)cc1CN1CC(C)C(C)C1. The van der Waals surface area contributed by atoms with Crippen LogP contribution in [0.15, 0.2) is 23.4 Å². The molecule has 0 amide bonds. The van der Waals surface area contributed by atoms with Crippen LogP contribution in [0.1, 0.15) is 25.0 Å². The van der Waals surface area contributed by atoms with Gasteiger partial charge < -0.3 is 15.7 Å². The number of nitrogens with zero attached hydrogens (tertiary/aromatic N) is 2. The lowest BCUT2D eigenvalue weighted by molar-refractivity contribution is 0.307. The van der Waals surface area contributed by atoms with Gasteiger partial charge in [-0.1, -0.05) is 19.0 Å². The lowest BCUT2D eigenvalue weighted by atomic mass is 10.0. The van der Waals surface area contributed by atoms with E-state index in [4.69, 9.17) is 15.7 Å². The van der Waals surface area contributed by atoms with Crippen molar-refractivity contribution in [2.45, 2.75) is 20.4 Å². The molecule has 5 nitrogen and oxygen atoms in total. The maximum absolute atomic E-state index is 8.78. The summed E-state index contributed by atoms with van der Waals surface area (Å²) in [4.78, 5) is 2.42. The molecule has 0 saturated carbocycles. The summed E-state index contributed by atoms with van der Waals surface area (Å²) in [7, 11) is 1.66. The first-order valence-corrected chi connectivity index (χ1v) is 6.92. The van der Waals surface area contributed by atoms with Gasteiger partial charge in [0.2, 0.25) is 0 Å². The average Bonchev–Trinajstić information content (AvgIpc) is 2.76. The van der Waals surface area contributed by atoms with E-state index in [0.29, 0.717) is 17.4 Å². The molecule has 1 heterocycles. The van der Waals surface area contributed by atoms with Gasteiger partial charge in [0.05, 0.1) is 7.11 Å². The van der Waals surface area contributed by atoms with Crippen LogP contribution in [0.2, 0.25) is 0 Å². The van der Waals surface area contributed by atoms with Crippen LogP contribution in [0.3, 0.4) is 0 Å². The molecule has 2 atom stereocenters. The van der Waals surface area contributed by atoms with E-state index in [9.17, 15) is 0 Å². The van der Waals surface area contributed by atoms with Crippen LogP contribution in [-0.4, -0.2) is 36.1 Å². The fraction of sp³-hybridized carbons (Fsp3) is 0.533. The van der Waals surface area contributed by atoms with Crippen molar-refractivity contribution < 1.29 is 9.94 Å². The molecular formula is C15H23N3O2. The van der Waals surface area contributed by atoms with Gasteiger partial charge in [-0.3, -0.25) is 4.90 Å². The monoisotopic (exact) mass is 277 g/mol. The van der Waals surface area contributed by atoms with E-state index in [1.165, 1.54) is 0 Å². The van der Waals surface area contributed by atoms with Crippen molar-refractivity contribution in [1.29, 1.82) is 0 Å². The number of benzene rings is 1. The number of hydrogen-bond acceptors (Lipinski definition) is 4. The Bertz CT molecular complexity index is 492. The summed E-state index contributed by atoms with van der Waals surface area (Å²) in [6.07, 6.45) is 0. The number of hydrogen-bond donors (Lipinski definition) is 2. The number of oxime groups is 1. The van der Waals surface area contributed by atoms with E-state index in [1.807, 2.05) is 12.1 Å². The second-order valence-electron chi connectivity index (χ2n) is 5.66. The van der Waals surface area contributed by atoms with Gasteiger partial charge >= 0.3 is 0 Å². The zero-order valence-corrected chi connectivity index (χ0v) is 12.3. The third-order valence-corrected chi connectivity index (χ3v) is 4.14. The highest BCUT2D eigenvalue weighted by Crippen LogP contribution is 2.27. The van der Waals surface area contributed by atoms with E-state index in [2.05, 4.69) is 23.9 Å². The van der Waals surface area contributed by atoms with Crippen molar-refractivity contribution in [1.82, 2.24) is 4.90 Å². The van der Waals surface area contributed by atoms with Crippen molar-refractivity contribution in [2.75, 3.05) is 20.2 Å². The van der Waals surface area contributed by atoms with Crippen molar-refractivity contribution in [3.8, 4) is 5.75 Å². The molecule has 110 valence electrons. The summed E-state index contributed by atoms with van der Waals surface area (Å²) in [5.41, 5.74) is 7.43. The molecule has 0 aromatic heterocycles. The minimum absolute atomic E-state index is 0.122. The Morgan fingerprint density at radius 1 is 1.40 bits per heavy atom. The summed E-state index contributed by atoms with van der Waals surface area (Å²) in [6.45, 7) is 7.59. The number of rotatable bonds is 4. The maximum atomic E-state index is 8.78. The molecule has 3 N–H and O–H groups in total. The molecule has 5 heteroatoms. The lowest BCUT2D eigenvalue weighted by Gasteiger charge is -2.18. The first-order chi connectivity index (χ1) is 9.55. The van der Waals surface area contributed by atoms with Crippen LogP contribution in [-0.2, 0) is 6.54 Å². The predicted octanol–water partition coefficient (Wildman–Crippen LogP) is 1.88. The highest BCUT2D eigenvalue weighted by Gasteiger charge is 2.26. The average molecular weight is 277 g/mol. The standard InChI is InChI=1S/C15H23N3O2/c1-10-7-18(8-11(10)2)9-13-6-12(15(16)17-19)4-5-14(13)20-3/h4-6,10-11,19H,7-9H2,1-3H3,(H2,16,17).